The molecule has 0 aliphatic carbocycles. The van der Waals surface area contributed by atoms with Crippen LogP contribution in [0.1, 0.15) is 28.8 Å². The van der Waals surface area contributed by atoms with E-state index in [9.17, 15) is 9.59 Å². The van der Waals surface area contributed by atoms with Crippen molar-refractivity contribution in [3.8, 4) is 0 Å². The summed E-state index contributed by atoms with van der Waals surface area (Å²) in [6.45, 7) is 5.54. The van der Waals surface area contributed by atoms with Gasteiger partial charge in [0.05, 0.1) is 19.6 Å². The van der Waals surface area contributed by atoms with E-state index in [0.717, 1.165) is 56.1 Å². The molecule has 2 saturated heterocycles. The van der Waals surface area contributed by atoms with Gasteiger partial charge in [0.2, 0.25) is 11.8 Å². The fourth-order valence-corrected chi connectivity index (χ4v) is 4.86. The first kappa shape index (κ1) is 21.0. The van der Waals surface area contributed by atoms with Crippen LogP contribution >= 0.6 is 11.3 Å². The van der Waals surface area contributed by atoms with E-state index >= 15 is 0 Å². The SMILES string of the molecule is O=C(NCc1cccc(CN2CCOCC2)c1)[C@@H]1CCCN1C(=O)Cc1cccs1. The molecular formula is C23H29N3O3S. The normalized spacial score (nSPS) is 19.7. The number of nitrogens with one attached hydrogen (secondary N) is 1. The maximum absolute atomic E-state index is 12.8. The summed E-state index contributed by atoms with van der Waals surface area (Å²) in [5.41, 5.74) is 2.33. The number of thiophene rings is 1. The van der Waals surface area contributed by atoms with Crippen molar-refractivity contribution < 1.29 is 14.3 Å². The Labute approximate surface area is 181 Å². The van der Waals surface area contributed by atoms with Gasteiger partial charge in [0.1, 0.15) is 6.04 Å². The highest BCUT2D eigenvalue weighted by atomic mass is 32.1. The third kappa shape index (κ3) is 5.47. The summed E-state index contributed by atoms with van der Waals surface area (Å²) in [5, 5.41) is 5.03. The van der Waals surface area contributed by atoms with Crippen LogP contribution in [0.15, 0.2) is 41.8 Å². The Hall–Kier alpha value is -2.22. The highest BCUT2D eigenvalue weighted by molar-refractivity contribution is 7.10. The van der Waals surface area contributed by atoms with Gasteiger partial charge >= 0.3 is 0 Å². The number of hydrogen-bond acceptors (Lipinski definition) is 5. The molecule has 30 heavy (non-hydrogen) atoms. The molecule has 2 amide bonds. The molecule has 1 atom stereocenters. The van der Waals surface area contributed by atoms with Gasteiger partial charge in [-0.2, -0.15) is 0 Å². The summed E-state index contributed by atoms with van der Waals surface area (Å²) in [6, 6.07) is 11.9. The standard InChI is InChI=1S/C23H29N3O3S/c27-22(15-20-6-3-13-30-20)26-8-2-7-21(26)23(28)24-16-18-4-1-5-19(14-18)17-25-9-11-29-12-10-25/h1,3-6,13-14,21H,2,7-12,15-17H2,(H,24,28)/t21-/m0/s1. The average molecular weight is 428 g/mol. The Kier molecular flexibility index (Phi) is 7.15. The van der Waals surface area contributed by atoms with Crippen molar-refractivity contribution in [2.24, 2.45) is 0 Å². The number of ether oxygens (including phenoxy) is 1. The van der Waals surface area contributed by atoms with Crippen LogP contribution in [0.2, 0.25) is 0 Å². The van der Waals surface area contributed by atoms with E-state index in [1.54, 1.807) is 16.2 Å². The molecule has 7 heteroatoms. The smallest absolute Gasteiger partial charge is 0.243 e. The minimum absolute atomic E-state index is 0.0441. The molecule has 2 aliphatic rings. The van der Waals surface area contributed by atoms with Crippen LogP contribution in [-0.4, -0.2) is 60.5 Å². The zero-order valence-electron chi connectivity index (χ0n) is 17.2. The second-order valence-electron chi connectivity index (χ2n) is 7.93. The van der Waals surface area contributed by atoms with Gasteiger partial charge in [-0.1, -0.05) is 30.3 Å². The maximum atomic E-state index is 12.8. The van der Waals surface area contributed by atoms with Gasteiger partial charge in [-0.15, -0.1) is 11.3 Å². The van der Waals surface area contributed by atoms with Gasteiger partial charge in [0.25, 0.3) is 0 Å². The van der Waals surface area contributed by atoms with Crippen LogP contribution < -0.4 is 5.32 Å². The van der Waals surface area contributed by atoms with E-state index in [2.05, 4.69) is 22.3 Å². The lowest BCUT2D eigenvalue weighted by Gasteiger charge is -2.26. The molecule has 2 aliphatic heterocycles. The Morgan fingerprint density at radius 1 is 1.10 bits per heavy atom. The molecule has 1 aromatic carbocycles. The highest BCUT2D eigenvalue weighted by Crippen LogP contribution is 2.20. The van der Waals surface area contributed by atoms with Crippen LogP contribution in [0, 0.1) is 0 Å². The van der Waals surface area contributed by atoms with Gasteiger partial charge in [0, 0.05) is 37.6 Å². The van der Waals surface area contributed by atoms with E-state index in [0.29, 0.717) is 19.5 Å². The van der Waals surface area contributed by atoms with Crippen molar-refractivity contribution in [1.29, 1.82) is 0 Å². The predicted octanol–water partition coefficient (Wildman–Crippen LogP) is 2.43. The quantitative estimate of drug-likeness (QED) is 0.737. The van der Waals surface area contributed by atoms with E-state index in [1.165, 1.54) is 5.56 Å². The van der Waals surface area contributed by atoms with Gasteiger partial charge in [-0.3, -0.25) is 14.5 Å². The van der Waals surface area contributed by atoms with Crippen LogP contribution in [0.25, 0.3) is 0 Å². The van der Waals surface area contributed by atoms with Crippen molar-refractivity contribution in [2.75, 3.05) is 32.8 Å². The third-order valence-electron chi connectivity index (χ3n) is 5.75. The molecule has 0 spiro atoms. The minimum Gasteiger partial charge on any atom is -0.379 e. The van der Waals surface area contributed by atoms with Crippen LogP contribution in [0.3, 0.4) is 0 Å². The first-order valence-electron chi connectivity index (χ1n) is 10.7. The van der Waals surface area contributed by atoms with Gasteiger partial charge in [0.15, 0.2) is 0 Å². The van der Waals surface area contributed by atoms with E-state index in [1.807, 2.05) is 29.6 Å². The maximum Gasteiger partial charge on any atom is 0.243 e. The van der Waals surface area contributed by atoms with Crippen molar-refractivity contribution in [2.45, 2.75) is 38.4 Å². The molecule has 0 bridgehead atoms. The molecule has 3 heterocycles. The second-order valence-corrected chi connectivity index (χ2v) is 8.96. The molecule has 6 nitrogen and oxygen atoms in total. The minimum atomic E-state index is -0.353. The Balaban J connectivity index is 1.30. The summed E-state index contributed by atoms with van der Waals surface area (Å²) < 4.78 is 5.41. The molecule has 2 fully saturated rings. The molecule has 4 rings (SSSR count). The Bertz CT molecular complexity index is 849. The zero-order chi connectivity index (χ0) is 20.8. The van der Waals surface area contributed by atoms with Crippen molar-refractivity contribution in [3.63, 3.8) is 0 Å². The van der Waals surface area contributed by atoms with Crippen molar-refractivity contribution >= 4 is 23.2 Å². The number of benzene rings is 1. The Morgan fingerprint density at radius 3 is 2.73 bits per heavy atom. The van der Waals surface area contributed by atoms with Gasteiger partial charge < -0.3 is 15.0 Å². The first-order chi connectivity index (χ1) is 14.7. The highest BCUT2D eigenvalue weighted by Gasteiger charge is 2.33. The van der Waals surface area contributed by atoms with Crippen LogP contribution in [-0.2, 0) is 33.8 Å². The number of hydrogen-bond donors (Lipinski definition) is 1. The number of rotatable bonds is 7. The predicted molar refractivity (Wildman–Crippen MR) is 117 cm³/mol. The monoisotopic (exact) mass is 427 g/mol. The number of morpholine rings is 1. The largest absolute Gasteiger partial charge is 0.379 e. The fraction of sp³-hybridized carbons (Fsp3) is 0.478. The summed E-state index contributed by atoms with van der Waals surface area (Å²) in [7, 11) is 0. The number of carbonyl (C=O) groups is 2. The molecule has 1 N–H and O–H groups in total. The molecule has 0 unspecified atom stereocenters. The lowest BCUT2D eigenvalue weighted by Crippen LogP contribution is -2.46. The number of carbonyl (C=O) groups excluding carboxylic acids is 2. The fourth-order valence-electron chi connectivity index (χ4n) is 4.16. The van der Waals surface area contributed by atoms with E-state index in [-0.39, 0.29) is 17.9 Å². The van der Waals surface area contributed by atoms with Gasteiger partial charge in [-0.25, -0.2) is 0 Å². The van der Waals surface area contributed by atoms with E-state index < -0.39 is 0 Å². The summed E-state index contributed by atoms with van der Waals surface area (Å²) >= 11 is 1.58. The van der Waals surface area contributed by atoms with Crippen LogP contribution in [0.5, 0.6) is 0 Å². The van der Waals surface area contributed by atoms with Crippen LogP contribution in [0.4, 0.5) is 0 Å². The van der Waals surface area contributed by atoms with Crippen molar-refractivity contribution in [3.05, 3.63) is 57.8 Å². The average Bonchev–Trinajstić information content (AvgIpc) is 3.45. The number of nitrogens with zero attached hydrogens (tertiary/aromatic N) is 2. The third-order valence-corrected chi connectivity index (χ3v) is 6.63. The second kappa shape index (κ2) is 10.2. The first-order valence-corrected chi connectivity index (χ1v) is 11.5. The molecule has 2 aromatic rings. The molecular weight excluding hydrogens is 398 g/mol. The molecule has 1 aromatic heterocycles. The molecule has 160 valence electrons. The summed E-state index contributed by atoms with van der Waals surface area (Å²) in [6.07, 6.45) is 1.99. The summed E-state index contributed by atoms with van der Waals surface area (Å²) in [4.78, 5) is 30.7. The van der Waals surface area contributed by atoms with E-state index in [4.69, 9.17) is 4.74 Å². The number of amides is 2. The number of likely N-dealkylation sites (tertiary alicyclic amines) is 1. The lowest BCUT2D eigenvalue weighted by atomic mass is 10.1. The Morgan fingerprint density at radius 2 is 1.93 bits per heavy atom. The molecule has 0 saturated carbocycles. The summed E-state index contributed by atoms with van der Waals surface area (Å²) in [5.74, 6) is -0.00628. The zero-order valence-corrected chi connectivity index (χ0v) is 18.0. The topological polar surface area (TPSA) is 61.9 Å². The molecule has 0 radical (unpaired) electrons. The lowest BCUT2D eigenvalue weighted by molar-refractivity contribution is -0.138. The van der Waals surface area contributed by atoms with Crippen molar-refractivity contribution in [1.82, 2.24) is 15.1 Å². The van der Waals surface area contributed by atoms with Gasteiger partial charge in [-0.05, 0) is 35.4 Å².